The summed E-state index contributed by atoms with van der Waals surface area (Å²) in [5, 5.41) is 8.87. The molecule has 0 aliphatic carbocycles. The van der Waals surface area contributed by atoms with E-state index in [2.05, 4.69) is 6.58 Å². The highest BCUT2D eigenvalue weighted by atomic mass is 32.2. The number of rotatable bonds is 2. The number of fused-ring (bicyclic) bond motifs is 1. The van der Waals surface area contributed by atoms with Crippen LogP contribution in [0.15, 0.2) is 24.4 Å². The first-order chi connectivity index (χ1) is 6.63. The van der Waals surface area contributed by atoms with Crippen LogP contribution in [0.2, 0.25) is 0 Å². The summed E-state index contributed by atoms with van der Waals surface area (Å²) in [5.74, 6) is -1.16. The molecule has 1 saturated heterocycles. The molecule has 0 radical (unpaired) electrons. The first-order valence-electron chi connectivity index (χ1n) is 4.18. The van der Waals surface area contributed by atoms with Gasteiger partial charge in [0.25, 0.3) is 0 Å². The molecule has 14 heavy (non-hydrogen) atoms. The second-order valence-electron chi connectivity index (χ2n) is 3.12. The van der Waals surface area contributed by atoms with Crippen LogP contribution in [0.25, 0.3) is 0 Å². The largest absolute Gasteiger partial charge is 0.477 e. The van der Waals surface area contributed by atoms with Gasteiger partial charge in [-0.2, -0.15) is 0 Å². The van der Waals surface area contributed by atoms with E-state index in [4.69, 9.17) is 5.11 Å². The molecule has 0 aromatic carbocycles. The molecule has 4 nitrogen and oxygen atoms in total. The molecule has 5 heteroatoms. The Bertz CT molecular complexity index is 350. The molecule has 2 aliphatic heterocycles. The molecule has 2 aliphatic rings. The van der Waals surface area contributed by atoms with Gasteiger partial charge in [0.2, 0.25) is 5.91 Å². The van der Waals surface area contributed by atoms with Crippen molar-refractivity contribution in [2.24, 2.45) is 0 Å². The Kier molecular flexibility index (Phi) is 2.11. The van der Waals surface area contributed by atoms with Gasteiger partial charge < -0.3 is 5.11 Å². The minimum Gasteiger partial charge on any atom is -0.477 e. The Morgan fingerprint density at radius 1 is 1.79 bits per heavy atom. The molecule has 0 aromatic heterocycles. The first-order valence-corrected chi connectivity index (χ1v) is 5.13. The fourth-order valence-electron chi connectivity index (χ4n) is 1.54. The average Bonchev–Trinajstić information content (AvgIpc) is 2.14. The lowest BCUT2D eigenvalue weighted by atomic mass is 10.1. The summed E-state index contributed by atoms with van der Waals surface area (Å²) in [7, 11) is 0. The zero-order valence-electron chi connectivity index (χ0n) is 7.34. The van der Waals surface area contributed by atoms with Crippen LogP contribution in [0.3, 0.4) is 0 Å². The van der Waals surface area contributed by atoms with Gasteiger partial charge in [-0.25, -0.2) is 4.79 Å². The molecule has 0 spiro atoms. The number of nitrogens with zero attached hydrogens (tertiary/aromatic N) is 1. The van der Waals surface area contributed by atoms with Crippen LogP contribution in [0.5, 0.6) is 0 Å². The molecule has 1 unspecified atom stereocenters. The standard InChI is InChI=1S/C9H9NO3S/c1-2-5-3-6(9(12)13)10-7(11)4-8(10)14-5/h2-3,5,8H,1,4H2,(H,12,13)/t5?,8-/m1/s1. The highest BCUT2D eigenvalue weighted by Crippen LogP contribution is 2.40. The van der Waals surface area contributed by atoms with Gasteiger partial charge in [0.05, 0.1) is 11.8 Å². The fraction of sp³-hybridized carbons (Fsp3) is 0.333. The Balaban J connectivity index is 2.32. The van der Waals surface area contributed by atoms with E-state index in [9.17, 15) is 9.59 Å². The van der Waals surface area contributed by atoms with Gasteiger partial charge in [0, 0.05) is 5.25 Å². The lowest BCUT2D eigenvalue weighted by Crippen LogP contribution is -2.53. The van der Waals surface area contributed by atoms with Gasteiger partial charge in [-0.3, -0.25) is 9.69 Å². The summed E-state index contributed by atoms with van der Waals surface area (Å²) >= 11 is 1.55. The van der Waals surface area contributed by atoms with E-state index in [1.807, 2.05) is 0 Å². The fourth-order valence-corrected chi connectivity index (χ4v) is 2.81. The van der Waals surface area contributed by atoms with Crippen molar-refractivity contribution in [1.82, 2.24) is 4.90 Å². The van der Waals surface area contributed by atoms with Crippen molar-refractivity contribution < 1.29 is 14.7 Å². The third-order valence-electron chi connectivity index (χ3n) is 2.25. The van der Waals surface area contributed by atoms with Crippen LogP contribution in [-0.2, 0) is 9.59 Å². The Morgan fingerprint density at radius 2 is 2.50 bits per heavy atom. The molecule has 2 atom stereocenters. The van der Waals surface area contributed by atoms with Crippen LogP contribution in [0.4, 0.5) is 0 Å². The zero-order chi connectivity index (χ0) is 10.3. The van der Waals surface area contributed by atoms with E-state index in [0.717, 1.165) is 0 Å². The van der Waals surface area contributed by atoms with E-state index < -0.39 is 5.97 Å². The minimum atomic E-state index is -1.05. The minimum absolute atomic E-state index is 0.00421. The van der Waals surface area contributed by atoms with Gasteiger partial charge in [-0.15, -0.1) is 18.3 Å². The first kappa shape index (κ1) is 9.33. The molecule has 1 N–H and O–H groups in total. The SMILES string of the molecule is C=CC1C=C(C(=O)O)N2C(=O)C[C@H]2S1. The topological polar surface area (TPSA) is 57.6 Å². The molecule has 74 valence electrons. The van der Waals surface area contributed by atoms with Crippen LogP contribution in [0, 0.1) is 0 Å². The predicted octanol–water partition coefficient (Wildman–Crippen LogP) is 0.815. The van der Waals surface area contributed by atoms with Crippen molar-refractivity contribution >= 4 is 23.6 Å². The zero-order valence-corrected chi connectivity index (χ0v) is 8.16. The van der Waals surface area contributed by atoms with Crippen LogP contribution < -0.4 is 0 Å². The van der Waals surface area contributed by atoms with Gasteiger partial charge in [0.15, 0.2) is 0 Å². The van der Waals surface area contributed by atoms with Crippen molar-refractivity contribution in [2.45, 2.75) is 17.0 Å². The molecular formula is C9H9NO3S. The average molecular weight is 211 g/mol. The smallest absolute Gasteiger partial charge is 0.352 e. The number of aliphatic carboxylic acids is 1. The molecule has 0 aromatic rings. The molecule has 0 saturated carbocycles. The monoisotopic (exact) mass is 211 g/mol. The quantitative estimate of drug-likeness (QED) is 0.542. The van der Waals surface area contributed by atoms with E-state index in [-0.39, 0.29) is 22.2 Å². The third-order valence-corrected chi connectivity index (χ3v) is 3.59. The number of carbonyl (C=O) groups excluding carboxylic acids is 1. The normalized spacial score (nSPS) is 30.1. The summed E-state index contributed by atoms with van der Waals surface area (Å²) in [5.41, 5.74) is 0.0925. The summed E-state index contributed by atoms with van der Waals surface area (Å²) in [6, 6.07) is 0. The number of carbonyl (C=O) groups is 2. The third kappa shape index (κ3) is 1.24. The van der Waals surface area contributed by atoms with Crippen molar-refractivity contribution in [2.75, 3.05) is 0 Å². The lowest BCUT2D eigenvalue weighted by molar-refractivity contribution is -0.146. The summed E-state index contributed by atoms with van der Waals surface area (Å²) in [6.45, 7) is 3.62. The highest BCUT2D eigenvalue weighted by Gasteiger charge is 2.44. The molecule has 0 bridgehead atoms. The number of β-lactam (4-membered cyclic amide) rings is 1. The maximum atomic E-state index is 11.2. The van der Waals surface area contributed by atoms with Crippen LogP contribution in [-0.4, -0.2) is 32.5 Å². The summed E-state index contributed by atoms with van der Waals surface area (Å²) < 4.78 is 0. The second kappa shape index (κ2) is 3.16. The Morgan fingerprint density at radius 3 is 3.00 bits per heavy atom. The number of amides is 1. The molecule has 1 amide bonds. The van der Waals surface area contributed by atoms with E-state index >= 15 is 0 Å². The lowest BCUT2D eigenvalue weighted by Gasteiger charge is -2.43. The van der Waals surface area contributed by atoms with Crippen molar-refractivity contribution in [3.8, 4) is 0 Å². The molecule has 1 fully saturated rings. The second-order valence-corrected chi connectivity index (χ2v) is 4.48. The van der Waals surface area contributed by atoms with Crippen LogP contribution >= 0.6 is 11.8 Å². The van der Waals surface area contributed by atoms with Crippen molar-refractivity contribution in [1.29, 1.82) is 0 Å². The summed E-state index contributed by atoms with van der Waals surface area (Å²) in [4.78, 5) is 23.3. The van der Waals surface area contributed by atoms with Gasteiger partial charge in [-0.05, 0) is 6.08 Å². The van der Waals surface area contributed by atoms with Crippen LogP contribution in [0.1, 0.15) is 6.42 Å². The number of hydrogen-bond donors (Lipinski definition) is 1. The van der Waals surface area contributed by atoms with E-state index in [1.54, 1.807) is 23.9 Å². The molecule has 2 rings (SSSR count). The number of hydrogen-bond acceptors (Lipinski definition) is 3. The number of carboxylic acid groups (broad SMARTS) is 1. The molecule has 2 heterocycles. The van der Waals surface area contributed by atoms with E-state index in [1.165, 1.54) is 4.90 Å². The Labute approximate surface area is 85.3 Å². The van der Waals surface area contributed by atoms with Gasteiger partial charge >= 0.3 is 5.97 Å². The van der Waals surface area contributed by atoms with Gasteiger partial charge in [-0.1, -0.05) is 6.08 Å². The van der Waals surface area contributed by atoms with E-state index in [0.29, 0.717) is 6.42 Å². The number of carboxylic acids is 1. The Hall–Kier alpha value is -1.23. The predicted molar refractivity (Wildman–Crippen MR) is 52.5 cm³/mol. The van der Waals surface area contributed by atoms with Gasteiger partial charge in [0.1, 0.15) is 5.70 Å². The maximum absolute atomic E-state index is 11.2. The molecular weight excluding hydrogens is 202 g/mol. The van der Waals surface area contributed by atoms with Crippen molar-refractivity contribution in [3.63, 3.8) is 0 Å². The maximum Gasteiger partial charge on any atom is 0.352 e. The highest BCUT2D eigenvalue weighted by molar-refractivity contribution is 8.01. The number of thioether (sulfide) groups is 1. The summed E-state index contributed by atoms with van der Waals surface area (Å²) in [6.07, 6.45) is 3.68. The van der Waals surface area contributed by atoms with Crippen molar-refractivity contribution in [3.05, 3.63) is 24.4 Å².